The van der Waals surface area contributed by atoms with Gasteiger partial charge in [0.05, 0.1) is 24.4 Å². The molecule has 4 aliphatic heterocycles. The molecule has 0 amide bonds. The number of rotatable bonds is 8. The number of carbonyl (C=O) groups is 3. The third-order valence-corrected chi connectivity index (χ3v) is 11.3. The lowest BCUT2D eigenvalue weighted by atomic mass is 9.62. The Morgan fingerprint density at radius 2 is 0.958 bits per heavy atom. The molecule has 48 heavy (non-hydrogen) atoms. The van der Waals surface area contributed by atoms with E-state index in [1.807, 2.05) is 12.1 Å². The molecule has 8 atom stereocenters. The molecular formula is C38H50N2O8. The van der Waals surface area contributed by atoms with E-state index in [0.717, 1.165) is 45.4 Å². The van der Waals surface area contributed by atoms with Gasteiger partial charge in [0.15, 0.2) is 0 Å². The molecule has 260 valence electrons. The summed E-state index contributed by atoms with van der Waals surface area (Å²) in [5, 5.41) is 7.42. The maximum absolute atomic E-state index is 12.3. The van der Waals surface area contributed by atoms with E-state index in [4.69, 9.17) is 28.8 Å². The summed E-state index contributed by atoms with van der Waals surface area (Å²) in [5.74, 6) is -1.39. The van der Waals surface area contributed by atoms with Crippen molar-refractivity contribution in [2.24, 2.45) is 0 Å². The molecule has 2 aromatic rings. The van der Waals surface area contributed by atoms with Crippen LogP contribution in [0.1, 0.15) is 82.3 Å². The fourth-order valence-electron chi connectivity index (χ4n) is 9.23. The molecule has 2 aromatic carbocycles. The number of esters is 2. The van der Waals surface area contributed by atoms with Crippen LogP contribution in [0.4, 0.5) is 0 Å². The van der Waals surface area contributed by atoms with Crippen molar-refractivity contribution in [1.82, 2.24) is 9.80 Å². The van der Waals surface area contributed by atoms with E-state index in [9.17, 15) is 9.59 Å². The zero-order chi connectivity index (χ0) is 34.1. The van der Waals surface area contributed by atoms with Crippen LogP contribution in [0.2, 0.25) is 0 Å². The van der Waals surface area contributed by atoms with Crippen molar-refractivity contribution >= 4 is 17.9 Å². The third-order valence-electron chi connectivity index (χ3n) is 11.3. The molecule has 5 aliphatic rings. The van der Waals surface area contributed by atoms with Gasteiger partial charge in [-0.25, -0.2) is 0 Å². The molecule has 8 unspecified atom stereocenters. The zero-order valence-corrected chi connectivity index (χ0v) is 28.6. The average Bonchev–Trinajstić information content (AvgIpc) is 3.44. The van der Waals surface area contributed by atoms with Gasteiger partial charge in [0.2, 0.25) is 0 Å². The highest BCUT2D eigenvalue weighted by Gasteiger charge is 2.59. The number of carbonyl (C=O) groups excluding carboxylic acids is 2. The van der Waals surface area contributed by atoms with Gasteiger partial charge in [0, 0.05) is 56.8 Å². The molecule has 7 rings (SSSR count). The molecule has 0 radical (unpaired) electrons. The van der Waals surface area contributed by atoms with Crippen molar-refractivity contribution in [3.8, 4) is 0 Å². The largest absolute Gasteiger partial charge is 0.481 e. The van der Waals surface area contributed by atoms with E-state index in [1.165, 1.54) is 25.0 Å². The molecule has 10 heteroatoms. The first-order chi connectivity index (χ1) is 23.0. The fraction of sp³-hybridized carbons (Fsp3) is 0.605. The Bertz CT molecular complexity index is 1310. The quantitative estimate of drug-likeness (QED) is 0.397. The van der Waals surface area contributed by atoms with E-state index in [1.54, 1.807) is 0 Å². The second-order valence-corrected chi connectivity index (χ2v) is 14.2. The number of aliphatic carboxylic acids is 1. The van der Waals surface area contributed by atoms with Crippen LogP contribution in [0.5, 0.6) is 0 Å². The molecule has 5 fully saturated rings. The summed E-state index contributed by atoms with van der Waals surface area (Å²) in [7, 11) is 4.30. The third kappa shape index (κ3) is 7.04. The molecule has 4 bridgehead atoms. The van der Waals surface area contributed by atoms with Crippen molar-refractivity contribution in [1.29, 1.82) is 0 Å². The minimum atomic E-state index is -0.833. The lowest BCUT2D eigenvalue weighted by Crippen LogP contribution is -2.62. The lowest BCUT2D eigenvalue weighted by molar-refractivity contribution is -0.231. The number of ether oxygens (including phenoxy) is 4. The topological polar surface area (TPSA) is 115 Å². The maximum Gasteiger partial charge on any atom is 0.303 e. The van der Waals surface area contributed by atoms with Gasteiger partial charge < -0.3 is 24.1 Å². The number of fused-ring (bicyclic) bond motifs is 4. The Labute approximate surface area is 283 Å². The highest BCUT2D eigenvalue weighted by molar-refractivity contribution is 5.66. The number of hydrogen-bond donors (Lipinski definition) is 1. The predicted molar refractivity (Wildman–Crippen MR) is 178 cm³/mol. The summed E-state index contributed by atoms with van der Waals surface area (Å²) in [6, 6.07) is 22.2. The van der Waals surface area contributed by atoms with Crippen molar-refractivity contribution < 1.29 is 38.4 Å². The first-order valence-electron chi connectivity index (χ1n) is 17.4. The average molecular weight is 663 g/mol. The molecule has 0 spiro atoms. The van der Waals surface area contributed by atoms with Gasteiger partial charge in [-0.05, 0) is 63.7 Å². The van der Waals surface area contributed by atoms with Crippen LogP contribution in [0.15, 0.2) is 60.7 Å². The van der Waals surface area contributed by atoms with E-state index >= 15 is 0 Å². The van der Waals surface area contributed by atoms with Gasteiger partial charge in [-0.15, -0.1) is 0 Å². The minimum Gasteiger partial charge on any atom is -0.481 e. The molecule has 1 saturated carbocycles. The van der Waals surface area contributed by atoms with Gasteiger partial charge in [0.1, 0.15) is 12.2 Å². The van der Waals surface area contributed by atoms with E-state index in [-0.39, 0.29) is 72.5 Å². The van der Waals surface area contributed by atoms with Crippen molar-refractivity contribution in [3.05, 3.63) is 71.8 Å². The van der Waals surface area contributed by atoms with Crippen molar-refractivity contribution in [2.45, 2.75) is 132 Å². The lowest BCUT2D eigenvalue weighted by Gasteiger charge is -2.56. The van der Waals surface area contributed by atoms with Crippen LogP contribution in [-0.2, 0) is 33.3 Å². The summed E-state index contributed by atoms with van der Waals surface area (Å²) in [4.78, 5) is 38.3. The zero-order valence-electron chi connectivity index (χ0n) is 28.6. The van der Waals surface area contributed by atoms with Crippen LogP contribution in [0.25, 0.3) is 0 Å². The molecule has 1 N–H and O–H groups in total. The number of carboxylic acids is 1. The molecule has 4 saturated heterocycles. The molecular weight excluding hydrogens is 612 g/mol. The van der Waals surface area contributed by atoms with Crippen LogP contribution in [0, 0.1) is 0 Å². The predicted octanol–water partition coefficient (Wildman–Crippen LogP) is 4.76. The highest BCUT2D eigenvalue weighted by Crippen LogP contribution is 2.54. The second-order valence-electron chi connectivity index (χ2n) is 14.2. The fourth-order valence-corrected chi connectivity index (χ4v) is 9.23. The number of nitrogens with zero attached hydrogens (tertiary/aromatic N) is 2. The number of piperidine rings is 2. The first-order valence-corrected chi connectivity index (χ1v) is 17.4. The van der Waals surface area contributed by atoms with Crippen LogP contribution < -0.4 is 0 Å². The van der Waals surface area contributed by atoms with E-state index in [2.05, 4.69) is 72.4 Å². The molecule has 1 aliphatic carbocycles. The Morgan fingerprint density at radius 1 is 0.604 bits per heavy atom. The summed E-state index contributed by atoms with van der Waals surface area (Å²) < 4.78 is 26.4. The van der Waals surface area contributed by atoms with Gasteiger partial charge in [-0.2, -0.15) is 0 Å². The maximum atomic E-state index is 12.3. The summed E-state index contributed by atoms with van der Waals surface area (Å²) >= 11 is 0. The summed E-state index contributed by atoms with van der Waals surface area (Å²) in [5.41, 5.74) is 2.35. The molecule has 4 heterocycles. The van der Waals surface area contributed by atoms with E-state index < -0.39 is 5.97 Å². The number of hydrogen-bond acceptors (Lipinski definition) is 9. The summed E-state index contributed by atoms with van der Waals surface area (Å²) in [6.45, 7) is 4.08. The highest BCUT2D eigenvalue weighted by atomic mass is 16.6. The van der Waals surface area contributed by atoms with Crippen LogP contribution in [0.3, 0.4) is 0 Å². The molecule has 10 nitrogen and oxygen atoms in total. The number of likely N-dealkylation sites (N-methyl/N-ethyl adjacent to an activating group) is 2. The summed E-state index contributed by atoms with van der Waals surface area (Å²) in [6.07, 6.45) is 4.57. The Balaban J connectivity index is 0.000000952. The Morgan fingerprint density at radius 3 is 1.29 bits per heavy atom. The SMILES string of the molecule is CC(=O)O.CC(=O)OC1C(OC2C(c3ccccc3)C(OC3CC4CCC(C3OC(C)=O)N4C)C2c2ccccc2)CC2CCC1N2C. The van der Waals surface area contributed by atoms with Crippen LogP contribution in [-0.4, -0.2) is 108 Å². The molecule has 0 aromatic heterocycles. The van der Waals surface area contributed by atoms with Gasteiger partial charge >= 0.3 is 11.9 Å². The van der Waals surface area contributed by atoms with Crippen molar-refractivity contribution in [3.63, 3.8) is 0 Å². The van der Waals surface area contributed by atoms with Crippen LogP contribution >= 0.6 is 0 Å². The number of carboxylic acid groups (broad SMARTS) is 1. The van der Waals surface area contributed by atoms with Crippen molar-refractivity contribution in [2.75, 3.05) is 14.1 Å². The monoisotopic (exact) mass is 662 g/mol. The van der Waals surface area contributed by atoms with Gasteiger partial charge in [0.25, 0.3) is 5.97 Å². The normalized spacial score (nSPS) is 37.1. The Hall–Kier alpha value is -3.31. The first kappa shape index (κ1) is 34.5. The van der Waals surface area contributed by atoms with Gasteiger partial charge in [-0.3, -0.25) is 24.2 Å². The Kier molecular flexibility index (Phi) is 10.6. The second kappa shape index (κ2) is 14.7. The number of benzene rings is 2. The van der Waals surface area contributed by atoms with E-state index in [0.29, 0.717) is 12.1 Å². The van der Waals surface area contributed by atoms with Gasteiger partial charge in [-0.1, -0.05) is 60.7 Å². The smallest absolute Gasteiger partial charge is 0.303 e. The standard InChI is InChI=1S/C36H46N2O6.C2H4O2/c1-21(39)41-33-27-17-15-25(37(27)3)19-29(33)43-35-31(23-11-7-5-8-12-23)36(32(35)24-13-9-6-10-14-24)44-30-20-26-16-18-28(38(26)4)34(30)42-22(2)40;1-2(3)4/h5-14,25-36H,15-20H2,1-4H3;1H3,(H,3,4). The minimum absolute atomic E-state index is 0.0213.